The molecule has 0 bridgehead atoms. The molecule has 0 aliphatic heterocycles. The maximum atomic E-state index is 4.28. The van der Waals surface area contributed by atoms with Gasteiger partial charge in [-0.25, -0.2) is 0 Å². The number of para-hydroxylation sites is 2. The van der Waals surface area contributed by atoms with E-state index in [2.05, 4.69) is 180 Å². The molecule has 0 aliphatic carbocycles. The van der Waals surface area contributed by atoms with Gasteiger partial charge in [-0.3, -0.25) is 0 Å². The van der Waals surface area contributed by atoms with Crippen LogP contribution in [0.2, 0.25) is 0 Å². The summed E-state index contributed by atoms with van der Waals surface area (Å²) in [5.41, 5.74) is 14.5. The van der Waals surface area contributed by atoms with Gasteiger partial charge in [-0.15, -0.1) is 0 Å². The fraction of sp³-hybridized carbons (Fsp3) is 0.149. The molecule has 0 fully saturated rings. The molecule has 0 saturated carbocycles. The average molecular weight is 643 g/mol. The van der Waals surface area contributed by atoms with Crippen molar-refractivity contribution in [2.24, 2.45) is 0 Å². The second-order valence-corrected chi connectivity index (χ2v) is 12.2. The van der Waals surface area contributed by atoms with Crippen molar-refractivity contribution in [2.75, 3.05) is 9.80 Å². The zero-order valence-electron chi connectivity index (χ0n) is 29.9. The van der Waals surface area contributed by atoms with Crippen molar-refractivity contribution < 1.29 is 0 Å². The van der Waals surface area contributed by atoms with E-state index in [1.165, 1.54) is 28.1 Å². The molecular weight excluding hydrogens is 593 g/mol. The lowest BCUT2D eigenvalue weighted by atomic mass is 10.0. The number of rotatable bonds is 15. The second-order valence-electron chi connectivity index (χ2n) is 12.2. The molecule has 0 amide bonds. The zero-order chi connectivity index (χ0) is 35.3. The molecule has 2 heteroatoms. The Hall–Kier alpha value is -5.60. The van der Waals surface area contributed by atoms with Crippen molar-refractivity contribution in [3.63, 3.8) is 0 Å². The van der Waals surface area contributed by atoms with Crippen LogP contribution in [0.3, 0.4) is 0 Å². The first-order valence-electron chi connectivity index (χ1n) is 17.0. The topological polar surface area (TPSA) is 6.48 Å². The van der Waals surface area contributed by atoms with Crippen LogP contribution in [-0.2, 0) is 6.42 Å². The summed E-state index contributed by atoms with van der Waals surface area (Å²) in [6.07, 6.45) is 16.0. The lowest BCUT2D eigenvalue weighted by Gasteiger charge is -2.29. The van der Waals surface area contributed by atoms with Gasteiger partial charge in [0, 0.05) is 28.5 Å². The second kappa shape index (κ2) is 17.5. The monoisotopic (exact) mass is 642 g/mol. The van der Waals surface area contributed by atoms with E-state index >= 15 is 0 Å². The Kier molecular flexibility index (Phi) is 13.0. The lowest BCUT2D eigenvalue weighted by Crippen LogP contribution is -2.17. The first kappa shape index (κ1) is 36.2. The third kappa shape index (κ3) is 9.49. The van der Waals surface area contributed by atoms with E-state index in [1.807, 2.05) is 30.4 Å². The Bertz CT molecular complexity index is 1900. The van der Waals surface area contributed by atoms with Gasteiger partial charge in [0.2, 0.25) is 0 Å². The summed E-state index contributed by atoms with van der Waals surface area (Å²) in [4.78, 5) is 4.51. The standard InChI is InChI=1S/C47H50N2/c1-10-37(6)40(9)49(44-19-14-13-15-20-44)46-33-29-42(30-34-46)26-24-36(5)22-21-35(4)23-25-41-27-31-45(32-28-41)48(39(8)11-2)47-38(7)17-16-18-43(47)12-3/h11,13-34H,2,4-5,8,10,12H2,1,3,6-7,9H3/b22-21-,25-23+,26-24+,40-37-. The number of aryl methyl sites for hydroxylation is 2. The summed E-state index contributed by atoms with van der Waals surface area (Å²) in [7, 11) is 0. The Morgan fingerprint density at radius 3 is 1.61 bits per heavy atom. The van der Waals surface area contributed by atoms with E-state index in [0.29, 0.717) is 0 Å². The molecule has 0 N–H and O–H groups in total. The van der Waals surface area contributed by atoms with Gasteiger partial charge in [0.25, 0.3) is 0 Å². The Morgan fingerprint density at radius 1 is 0.612 bits per heavy atom. The van der Waals surface area contributed by atoms with Crippen molar-refractivity contribution in [3.8, 4) is 0 Å². The summed E-state index contributed by atoms with van der Waals surface area (Å²) < 4.78 is 0. The van der Waals surface area contributed by atoms with Crippen LogP contribution in [0.1, 0.15) is 56.4 Å². The van der Waals surface area contributed by atoms with Gasteiger partial charge in [-0.2, -0.15) is 0 Å². The van der Waals surface area contributed by atoms with Crippen LogP contribution < -0.4 is 9.80 Å². The maximum absolute atomic E-state index is 4.28. The highest BCUT2D eigenvalue weighted by molar-refractivity contribution is 5.76. The minimum absolute atomic E-state index is 0.844. The van der Waals surface area contributed by atoms with Gasteiger partial charge in [0.05, 0.1) is 5.69 Å². The molecule has 2 nitrogen and oxygen atoms in total. The lowest BCUT2D eigenvalue weighted by molar-refractivity contribution is 1.01. The van der Waals surface area contributed by atoms with Crippen LogP contribution in [0, 0.1) is 6.92 Å². The predicted octanol–water partition coefficient (Wildman–Crippen LogP) is 13.6. The molecule has 4 aromatic carbocycles. The van der Waals surface area contributed by atoms with Crippen LogP contribution >= 0.6 is 0 Å². The van der Waals surface area contributed by atoms with Crippen LogP contribution in [0.25, 0.3) is 12.2 Å². The van der Waals surface area contributed by atoms with E-state index in [4.69, 9.17) is 0 Å². The summed E-state index contributed by atoms with van der Waals surface area (Å²) in [6, 6.07) is 34.1. The van der Waals surface area contributed by atoms with Crippen molar-refractivity contribution in [2.45, 2.75) is 47.5 Å². The fourth-order valence-corrected chi connectivity index (χ4v) is 5.62. The smallest absolute Gasteiger partial charge is 0.0522 e. The van der Waals surface area contributed by atoms with Gasteiger partial charge in [-0.1, -0.05) is 143 Å². The third-order valence-electron chi connectivity index (χ3n) is 8.74. The molecule has 0 atom stereocenters. The zero-order valence-corrected chi connectivity index (χ0v) is 29.9. The van der Waals surface area contributed by atoms with E-state index in [0.717, 1.165) is 57.9 Å². The minimum atomic E-state index is 0.844. The predicted molar refractivity (Wildman–Crippen MR) is 218 cm³/mol. The molecule has 0 aliphatic rings. The molecule has 0 spiro atoms. The van der Waals surface area contributed by atoms with E-state index in [1.54, 1.807) is 0 Å². The summed E-state index contributed by atoms with van der Waals surface area (Å²) in [6.45, 7) is 27.6. The van der Waals surface area contributed by atoms with Crippen LogP contribution in [0.5, 0.6) is 0 Å². The molecule has 248 valence electrons. The first-order chi connectivity index (χ1) is 23.7. The average Bonchev–Trinajstić information content (AvgIpc) is 3.13. The van der Waals surface area contributed by atoms with Crippen LogP contribution in [0.4, 0.5) is 22.7 Å². The van der Waals surface area contributed by atoms with Gasteiger partial charge in [0.15, 0.2) is 0 Å². The highest BCUT2D eigenvalue weighted by Gasteiger charge is 2.17. The van der Waals surface area contributed by atoms with Gasteiger partial charge >= 0.3 is 0 Å². The largest absolute Gasteiger partial charge is 0.315 e. The van der Waals surface area contributed by atoms with E-state index < -0.39 is 0 Å². The molecule has 0 unspecified atom stereocenters. The molecule has 0 radical (unpaired) electrons. The normalized spacial score (nSPS) is 11.9. The first-order valence-corrected chi connectivity index (χ1v) is 17.0. The minimum Gasteiger partial charge on any atom is -0.315 e. The number of hydrogen-bond acceptors (Lipinski definition) is 2. The number of hydrogen-bond donors (Lipinski definition) is 0. The van der Waals surface area contributed by atoms with Gasteiger partial charge in [0.1, 0.15) is 0 Å². The molecule has 0 saturated heterocycles. The molecule has 0 heterocycles. The third-order valence-corrected chi connectivity index (χ3v) is 8.74. The van der Waals surface area contributed by atoms with Gasteiger partial charge < -0.3 is 9.80 Å². The Morgan fingerprint density at radius 2 is 1.12 bits per heavy atom. The Labute approximate surface area is 295 Å². The van der Waals surface area contributed by atoms with Crippen molar-refractivity contribution >= 4 is 34.9 Å². The quantitative estimate of drug-likeness (QED) is 0.119. The highest BCUT2D eigenvalue weighted by Crippen LogP contribution is 2.36. The van der Waals surface area contributed by atoms with Crippen LogP contribution in [0.15, 0.2) is 182 Å². The van der Waals surface area contributed by atoms with Crippen molar-refractivity contribution in [3.05, 3.63) is 204 Å². The molecule has 49 heavy (non-hydrogen) atoms. The maximum Gasteiger partial charge on any atom is 0.0522 e. The summed E-state index contributed by atoms with van der Waals surface area (Å²) >= 11 is 0. The van der Waals surface area contributed by atoms with E-state index in [-0.39, 0.29) is 0 Å². The fourth-order valence-electron chi connectivity index (χ4n) is 5.62. The van der Waals surface area contributed by atoms with E-state index in [9.17, 15) is 0 Å². The van der Waals surface area contributed by atoms with Crippen LogP contribution in [-0.4, -0.2) is 0 Å². The molecular formula is C47H50N2. The van der Waals surface area contributed by atoms with Gasteiger partial charge in [-0.05, 0) is 109 Å². The number of benzene rings is 4. The Balaban J connectivity index is 1.40. The number of nitrogens with zero attached hydrogens (tertiary/aromatic N) is 2. The molecule has 4 aromatic rings. The molecule has 4 rings (SSSR count). The highest BCUT2D eigenvalue weighted by atomic mass is 15.2. The SMILES string of the molecule is C=CC(=C)N(c1ccc(/C=C/C(=C)/C=C\C(=C)/C=C/c2ccc(N(/C(C)=C(/C)CC)c3ccccc3)cc2)cc1)c1c(C)cccc1CC. The van der Waals surface area contributed by atoms with Crippen molar-refractivity contribution in [1.29, 1.82) is 0 Å². The molecule has 0 aromatic heterocycles. The summed E-state index contributed by atoms with van der Waals surface area (Å²) in [5.74, 6) is 0. The summed E-state index contributed by atoms with van der Waals surface area (Å²) in [5, 5.41) is 0. The van der Waals surface area contributed by atoms with Crippen molar-refractivity contribution in [1.82, 2.24) is 0 Å². The number of anilines is 4. The number of allylic oxidation sites excluding steroid dienone is 9.